The molecule has 0 aliphatic carbocycles. The monoisotopic (exact) mass is 312 g/mol. The Morgan fingerprint density at radius 1 is 1.14 bits per heavy atom. The molecule has 0 bridgehead atoms. The van der Waals surface area contributed by atoms with Crippen LogP contribution in [0, 0.1) is 11.6 Å². The average Bonchev–Trinajstić information content (AvgIpc) is 2.81. The Balaban J connectivity index is 1.98. The van der Waals surface area contributed by atoms with Gasteiger partial charge < -0.3 is 5.73 Å². The van der Waals surface area contributed by atoms with Gasteiger partial charge in [-0.3, -0.25) is 0 Å². The van der Waals surface area contributed by atoms with E-state index in [0.717, 1.165) is 16.4 Å². The zero-order valence-electron chi connectivity index (χ0n) is 10.6. The van der Waals surface area contributed by atoms with Gasteiger partial charge in [0.1, 0.15) is 11.6 Å². The molecule has 1 aliphatic rings. The first-order valence-corrected chi connectivity index (χ1v) is 7.37. The minimum absolute atomic E-state index is 0.0114. The Kier molecular flexibility index (Phi) is 3.10. The van der Waals surface area contributed by atoms with E-state index in [9.17, 15) is 17.2 Å². The molecule has 9 heteroatoms. The highest BCUT2D eigenvalue weighted by Crippen LogP contribution is 2.28. The van der Waals surface area contributed by atoms with Gasteiger partial charge in [-0.25, -0.2) is 27.2 Å². The summed E-state index contributed by atoms with van der Waals surface area (Å²) in [6, 6.07) is 2.17. The number of benzene rings is 1. The third-order valence-corrected chi connectivity index (χ3v) is 4.89. The molecule has 1 aromatic carbocycles. The number of hydrogen-bond acceptors (Lipinski definition) is 5. The summed E-state index contributed by atoms with van der Waals surface area (Å²) < 4.78 is 52.3. The number of halogens is 2. The van der Waals surface area contributed by atoms with E-state index in [2.05, 4.69) is 9.97 Å². The molecule has 2 heterocycles. The second kappa shape index (κ2) is 4.71. The first kappa shape index (κ1) is 13.8. The van der Waals surface area contributed by atoms with Crippen molar-refractivity contribution in [3.63, 3.8) is 0 Å². The van der Waals surface area contributed by atoms with Crippen molar-refractivity contribution in [2.24, 2.45) is 0 Å². The van der Waals surface area contributed by atoms with Crippen molar-refractivity contribution in [3.8, 4) is 0 Å². The van der Waals surface area contributed by atoms with Crippen LogP contribution in [-0.4, -0.2) is 22.7 Å². The molecular formula is C12H10F2N4O2S. The second-order valence-electron chi connectivity index (χ2n) is 4.58. The standard InChI is InChI=1S/C12H10F2N4O2S/c13-8-1-9(14)3-10(2-8)21(19,20)18-5-7-4-16-12(15)17-11(7)6-18/h1-4H,5-6H2,(H2,15,16,17). The molecule has 0 radical (unpaired) electrons. The maximum absolute atomic E-state index is 13.2. The van der Waals surface area contributed by atoms with E-state index < -0.39 is 26.6 Å². The predicted molar refractivity (Wildman–Crippen MR) is 69.2 cm³/mol. The van der Waals surface area contributed by atoms with Gasteiger partial charge in [0.25, 0.3) is 0 Å². The van der Waals surface area contributed by atoms with E-state index in [-0.39, 0.29) is 19.0 Å². The molecule has 0 saturated heterocycles. The first-order chi connectivity index (χ1) is 9.86. The number of fused-ring (bicyclic) bond motifs is 1. The third-order valence-electron chi connectivity index (χ3n) is 3.12. The van der Waals surface area contributed by atoms with E-state index in [1.807, 2.05) is 0 Å². The topological polar surface area (TPSA) is 89.2 Å². The molecule has 0 amide bonds. The molecule has 1 aromatic heterocycles. The van der Waals surface area contributed by atoms with Crippen LogP contribution in [0.2, 0.25) is 0 Å². The van der Waals surface area contributed by atoms with Gasteiger partial charge in [-0.05, 0) is 12.1 Å². The maximum Gasteiger partial charge on any atom is 0.243 e. The van der Waals surface area contributed by atoms with Crippen molar-refractivity contribution in [2.45, 2.75) is 18.0 Å². The normalized spacial score (nSPS) is 15.1. The summed E-state index contributed by atoms with van der Waals surface area (Å²) in [5.74, 6) is -1.85. The van der Waals surface area contributed by atoms with Crippen molar-refractivity contribution in [1.82, 2.24) is 14.3 Å². The molecule has 6 nitrogen and oxygen atoms in total. The minimum atomic E-state index is -4.02. The quantitative estimate of drug-likeness (QED) is 0.895. The van der Waals surface area contributed by atoms with E-state index in [0.29, 0.717) is 17.3 Å². The number of aromatic nitrogens is 2. The lowest BCUT2D eigenvalue weighted by atomic mass is 10.3. The highest BCUT2D eigenvalue weighted by atomic mass is 32.2. The van der Waals surface area contributed by atoms with Crippen molar-refractivity contribution >= 4 is 16.0 Å². The van der Waals surface area contributed by atoms with E-state index in [1.54, 1.807) is 0 Å². The molecular weight excluding hydrogens is 302 g/mol. The Labute approximate surface area is 119 Å². The molecule has 0 unspecified atom stereocenters. The molecule has 0 saturated carbocycles. The maximum atomic E-state index is 13.2. The number of rotatable bonds is 2. The van der Waals surface area contributed by atoms with Gasteiger partial charge in [0.15, 0.2) is 0 Å². The number of nitrogens with two attached hydrogens (primary N) is 1. The summed E-state index contributed by atoms with van der Waals surface area (Å²) in [6.07, 6.45) is 1.44. The van der Waals surface area contributed by atoms with Gasteiger partial charge in [0.2, 0.25) is 16.0 Å². The van der Waals surface area contributed by atoms with Crippen LogP contribution in [-0.2, 0) is 23.1 Å². The number of anilines is 1. The zero-order chi connectivity index (χ0) is 15.2. The van der Waals surface area contributed by atoms with Gasteiger partial charge in [0, 0.05) is 24.4 Å². The lowest BCUT2D eigenvalue weighted by Crippen LogP contribution is -2.26. The zero-order valence-corrected chi connectivity index (χ0v) is 11.4. The molecule has 110 valence electrons. The second-order valence-corrected chi connectivity index (χ2v) is 6.52. The summed E-state index contributed by atoms with van der Waals surface area (Å²) in [7, 11) is -4.02. The van der Waals surface area contributed by atoms with Crippen LogP contribution in [0.4, 0.5) is 14.7 Å². The van der Waals surface area contributed by atoms with Crippen LogP contribution in [0.1, 0.15) is 11.3 Å². The smallest absolute Gasteiger partial charge is 0.243 e. The fourth-order valence-electron chi connectivity index (χ4n) is 2.14. The molecule has 3 rings (SSSR count). The van der Waals surface area contributed by atoms with Crippen molar-refractivity contribution in [2.75, 3.05) is 5.73 Å². The lowest BCUT2D eigenvalue weighted by molar-refractivity contribution is 0.428. The number of nitrogens with zero attached hydrogens (tertiary/aromatic N) is 3. The summed E-state index contributed by atoms with van der Waals surface area (Å²) >= 11 is 0. The molecule has 0 spiro atoms. The molecule has 0 fully saturated rings. The van der Waals surface area contributed by atoms with E-state index >= 15 is 0 Å². The molecule has 0 atom stereocenters. The van der Waals surface area contributed by atoms with Crippen molar-refractivity contribution in [1.29, 1.82) is 0 Å². The highest BCUT2D eigenvalue weighted by Gasteiger charge is 2.32. The van der Waals surface area contributed by atoms with Crippen LogP contribution in [0.25, 0.3) is 0 Å². The van der Waals surface area contributed by atoms with Gasteiger partial charge in [-0.1, -0.05) is 0 Å². The lowest BCUT2D eigenvalue weighted by Gasteiger charge is -2.15. The summed E-state index contributed by atoms with van der Waals surface area (Å²) in [6.45, 7) is 0.0264. The molecule has 1 aliphatic heterocycles. The Bertz CT molecular complexity index is 806. The van der Waals surface area contributed by atoms with Crippen molar-refractivity contribution in [3.05, 3.63) is 47.3 Å². The predicted octanol–water partition coefficient (Wildman–Crippen LogP) is 1.04. The highest BCUT2D eigenvalue weighted by molar-refractivity contribution is 7.89. The van der Waals surface area contributed by atoms with Crippen molar-refractivity contribution < 1.29 is 17.2 Å². The van der Waals surface area contributed by atoms with Gasteiger partial charge >= 0.3 is 0 Å². The van der Waals surface area contributed by atoms with Crippen LogP contribution in [0.3, 0.4) is 0 Å². The molecule has 2 aromatic rings. The number of hydrogen-bond donors (Lipinski definition) is 1. The van der Waals surface area contributed by atoms with Crippen LogP contribution < -0.4 is 5.73 Å². The molecule has 2 N–H and O–H groups in total. The molecule has 21 heavy (non-hydrogen) atoms. The van der Waals surface area contributed by atoms with Gasteiger partial charge in [0.05, 0.1) is 17.1 Å². The summed E-state index contributed by atoms with van der Waals surface area (Å²) in [5, 5.41) is 0. The van der Waals surface area contributed by atoms with Crippen LogP contribution in [0.5, 0.6) is 0 Å². The fourth-order valence-corrected chi connectivity index (χ4v) is 3.56. The summed E-state index contributed by atoms with van der Waals surface area (Å²) in [4.78, 5) is 7.32. The Morgan fingerprint density at radius 3 is 2.48 bits per heavy atom. The van der Waals surface area contributed by atoms with E-state index in [4.69, 9.17) is 5.73 Å². The van der Waals surface area contributed by atoms with Crippen LogP contribution in [0.15, 0.2) is 29.3 Å². The number of nitrogen functional groups attached to an aromatic ring is 1. The summed E-state index contributed by atoms with van der Waals surface area (Å²) in [5.41, 5.74) is 6.55. The SMILES string of the molecule is Nc1ncc2c(n1)CN(S(=O)(=O)c1cc(F)cc(F)c1)C2. The fraction of sp³-hybridized carbons (Fsp3) is 0.167. The Morgan fingerprint density at radius 2 is 1.81 bits per heavy atom. The third kappa shape index (κ3) is 2.45. The Hall–Kier alpha value is -2.13. The van der Waals surface area contributed by atoms with Gasteiger partial charge in [-0.2, -0.15) is 4.31 Å². The average molecular weight is 312 g/mol. The van der Waals surface area contributed by atoms with Crippen LogP contribution >= 0.6 is 0 Å². The largest absolute Gasteiger partial charge is 0.368 e. The number of sulfonamides is 1. The minimum Gasteiger partial charge on any atom is -0.368 e. The van der Waals surface area contributed by atoms with Gasteiger partial charge in [-0.15, -0.1) is 0 Å². The van der Waals surface area contributed by atoms with E-state index in [1.165, 1.54) is 6.20 Å². The first-order valence-electron chi connectivity index (χ1n) is 5.93.